The standard InChI is InChI=1S/C27H35ClFN3O5S/c1-19(2)16-31(17-20(3)4)26(33)18-37-27(34)21-5-10-24(28)25(15-21)38(35,36)32-13-11-30(12-14-32)23-8-6-22(29)7-9-23/h5-10,15,19-20H,11-14,16-18H2,1-4H3. The SMILES string of the molecule is CC(C)CN(CC(C)C)C(=O)COC(=O)c1ccc(Cl)c(S(=O)(=O)N2CCN(c3ccc(F)cc3)CC2)c1. The van der Waals surface area contributed by atoms with Crippen molar-refractivity contribution >= 4 is 39.2 Å². The molecular formula is C27H35ClFN3O5S. The van der Waals surface area contributed by atoms with Crippen LogP contribution in [0.4, 0.5) is 10.1 Å². The van der Waals surface area contributed by atoms with Crippen molar-refractivity contribution in [1.82, 2.24) is 9.21 Å². The van der Waals surface area contributed by atoms with Gasteiger partial charge in [0.05, 0.1) is 10.6 Å². The molecule has 8 nitrogen and oxygen atoms in total. The van der Waals surface area contributed by atoms with Gasteiger partial charge in [-0.25, -0.2) is 17.6 Å². The number of rotatable bonds is 10. The van der Waals surface area contributed by atoms with E-state index in [4.69, 9.17) is 16.3 Å². The highest BCUT2D eigenvalue weighted by atomic mass is 35.5. The zero-order valence-corrected chi connectivity index (χ0v) is 23.8. The molecule has 3 rings (SSSR count). The number of carbonyl (C=O) groups is 2. The normalized spacial score (nSPS) is 14.7. The molecule has 0 saturated carbocycles. The molecule has 1 fully saturated rings. The maximum Gasteiger partial charge on any atom is 0.338 e. The predicted molar refractivity (Wildman–Crippen MR) is 145 cm³/mol. The van der Waals surface area contributed by atoms with Crippen LogP contribution in [0.5, 0.6) is 0 Å². The first-order valence-corrected chi connectivity index (χ1v) is 14.5. The zero-order chi connectivity index (χ0) is 28.0. The quantitative estimate of drug-likeness (QED) is 0.398. The second kappa shape index (κ2) is 12.9. The summed E-state index contributed by atoms with van der Waals surface area (Å²) >= 11 is 6.25. The number of halogens is 2. The zero-order valence-electron chi connectivity index (χ0n) is 22.2. The summed E-state index contributed by atoms with van der Waals surface area (Å²) < 4.78 is 46.6. The third-order valence-corrected chi connectivity index (χ3v) is 8.45. The van der Waals surface area contributed by atoms with Gasteiger partial charge in [0.15, 0.2) is 6.61 Å². The van der Waals surface area contributed by atoms with E-state index >= 15 is 0 Å². The molecular weight excluding hydrogens is 533 g/mol. The van der Waals surface area contributed by atoms with Gasteiger partial charge in [-0.05, 0) is 54.3 Å². The lowest BCUT2D eigenvalue weighted by atomic mass is 10.1. The van der Waals surface area contributed by atoms with Crippen molar-refractivity contribution in [3.63, 3.8) is 0 Å². The Kier molecular flexibility index (Phi) is 10.1. The first-order valence-electron chi connectivity index (χ1n) is 12.6. The number of anilines is 1. The van der Waals surface area contributed by atoms with Crippen molar-refractivity contribution in [2.75, 3.05) is 50.8 Å². The maximum absolute atomic E-state index is 13.4. The Bertz CT molecular complexity index is 1220. The molecule has 1 saturated heterocycles. The molecule has 0 atom stereocenters. The Morgan fingerprint density at radius 3 is 2.11 bits per heavy atom. The number of hydrogen-bond acceptors (Lipinski definition) is 6. The highest BCUT2D eigenvalue weighted by molar-refractivity contribution is 7.89. The fraction of sp³-hybridized carbons (Fsp3) is 0.481. The van der Waals surface area contributed by atoms with Crippen LogP contribution >= 0.6 is 11.6 Å². The predicted octanol–water partition coefficient (Wildman–Crippen LogP) is 4.29. The molecule has 1 amide bonds. The molecule has 1 aliphatic rings. The molecule has 0 aromatic heterocycles. The van der Waals surface area contributed by atoms with Gasteiger partial charge in [0.25, 0.3) is 5.91 Å². The molecule has 2 aromatic rings. The summed E-state index contributed by atoms with van der Waals surface area (Å²) in [5.41, 5.74) is 0.797. The molecule has 0 unspecified atom stereocenters. The second-order valence-electron chi connectivity index (χ2n) is 10.2. The molecule has 0 aliphatic carbocycles. The van der Waals surface area contributed by atoms with Crippen LogP contribution in [-0.4, -0.2) is 75.4 Å². The summed E-state index contributed by atoms with van der Waals surface area (Å²) in [6, 6.07) is 9.94. The van der Waals surface area contributed by atoms with Crippen molar-refractivity contribution in [1.29, 1.82) is 0 Å². The summed E-state index contributed by atoms with van der Waals surface area (Å²) in [6.07, 6.45) is 0. The third kappa shape index (κ3) is 7.68. The van der Waals surface area contributed by atoms with Gasteiger partial charge >= 0.3 is 5.97 Å². The van der Waals surface area contributed by atoms with E-state index in [1.165, 1.54) is 34.6 Å². The molecule has 0 radical (unpaired) electrons. The van der Waals surface area contributed by atoms with Crippen LogP contribution in [0.15, 0.2) is 47.4 Å². The van der Waals surface area contributed by atoms with Crippen molar-refractivity contribution in [2.45, 2.75) is 32.6 Å². The van der Waals surface area contributed by atoms with Gasteiger partial charge in [-0.1, -0.05) is 39.3 Å². The molecule has 1 heterocycles. The van der Waals surface area contributed by atoms with Crippen LogP contribution in [0.1, 0.15) is 38.1 Å². The van der Waals surface area contributed by atoms with E-state index in [1.807, 2.05) is 32.6 Å². The molecule has 0 bridgehead atoms. The van der Waals surface area contributed by atoms with E-state index < -0.39 is 22.6 Å². The topological polar surface area (TPSA) is 87.2 Å². The second-order valence-corrected chi connectivity index (χ2v) is 12.5. The average molecular weight is 568 g/mol. The van der Waals surface area contributed by atoms with Gasteiger partial charge in [0.2, 0.25) is 10.0 Å². The molecule has 11 heteroatoms. The minimum absolute atomic E-state index is 0.00927. The number of hydrogen-bond donors (Lipinski definition) is 0. The van der Waals surface area contributed by atoms with Crippen LogP contribution in [0.3, 0.4) is 0 Å². The molecule has 0 N–H and O–H groups in total. The van der Waals surface area contributed by atoms with E-state index in [1.54, 1.807) is 17.0 Å². The Hall–Kier alpha value is -2.69. The summed E-state index contributed by atoms with van der Waals surface area (Å²) in [6.45, 7) is 9.89. The number of esters is 1. The highest BCUT2D eigenvalue weighted by Gasteiger charge is 2.31. The fourth-order valence-electron chi connectivity index (χ4n) is 4.27. The first kappa shape index (κ1) is 29.9. The van der Waals surface area contributed by atoms with Gasteiger partial charge in [-0.15, -0.1) is 0 Å². The summed E-state index contributed by atoms with van der Waals surface area (Å²) in [7, 11) is -4.00. The molecule has 0 spiro atoms. The van der Waals surface area contributed by atoms with Crippen LogP contribution < -0.4 is 4.90 Å². The van der Waals surface area contributed by atoms with Gasteiger partial charge in [0.1, 0.15) is 10.7 Å². The van der Waals surface area contributed by atoms with Gasteiger partial charge in [-0.2, -0.15) is 4.31 Å². The summed E-state index contributed by atoms with van der Waals surface area (Å²) in [4.78, 5) is 28.9. The first-order chi connectivity index (χ1) is 17.9. The van der Waals surface area contributed by atoms with Crippen molar-refractivity contribution < 1.29 is 27.1 Å². The lowest BCUT2D eigenvalue weighted by Crippen LogP contribution is -2.48. The Morgan fingerprint density at radius 2 is 1.55 bits per heavy atom. The van der Waals surface area contributed by atoms with E-state index in [0.29, 0.717) is 26.2 Å². The van der Waals surface area contributed by atoms with Gasteiger partial charge < -0.3 is 14.5 Å². The third-order valence-electron chi connectivity index (χ3n) is 6.07. The lowest BCUT2D eigenvalue weighted by Gasteiger charge is -2.35. The highest BCUT2D eigenvalue weighted by Crippen LogP contribution is 2.28. The fourth-order valence-corrected chi connectivity index (χ4v) is 6.19. The average Bonchev–Trinajstić information content (AvgIpc) is 2.87. The van der Waals surface area contributed by atoms with Crippen LogP contribution in [0.25, 0.3) is 0 Å². The smallest absolute Gasteiger partial charge is 0.338 e. The van der Waals surface area contributed by atoms with Crippen LogP contribution in [0.2, 0.25) is 5.02 Å². The number of carbonyl (C=O) groups excluding carboxylic acids is 2. The largest absolute Gasteiger partial charge is 0.452 e. The monoisotopic (exact) mass is 567 g/mol. The van der Waals surface area contributed by atoms with Crippen molar-refractivity contribution in [3.05, 3.63) is 58.9 Å². The molecule has 2 aromatic carbocycles. The number of piperazine rings is 1. The van der Waals surface area contributed by atoms with Crippen LogP contribution in [-0.2, 0) is 19.6 Å². The minimum Gasteiger partial charge on any atom is -0.452 e. The van der Waals surface area contributed by atoms with Crippen LogP contribution in [0, 0.1) is 17.7 Å². The van der Waals surface area contributed by atoms with E-state index in [9.17, 15) is 22.4 Å². The Balaban J connectivity index is 1.67. The van der Waals surface area contributed by atoms with Crippen molar-refractivity contribution in [2.24, 2.45) is 11.8 Å². The summed E-state index contributed by atoms with van der Waals surface area (Å²) in [5, 5.41) is -0.0152. The number of nitrogens with zero attached hydrogens (tertiary/aromatic N) is 3. The van der Waals surface area contributed by atoms with E-state index in [2.05, 4.69) is 0 Å². The number of benzene rings is 2. The minimum atomic E-state index is -4.00. The molecule has 38 heavy (non-hydrogen) atoms. The number of sulfonamides is 1. The van der Waals surface area contributed by atoms with E-state index in [0.717, 1.165) is 5.69 Å². The Labute approximate surface area is 229 Å². The lowest BCUT2D eigenvalue weighted by molar-refractivity contribution is -0.135. The molecule has 1 aliphatic heterocycles. The van der Waals surface area contributed by atoms with E-state index in [-0.39, 0.29) is 52.1 Å². The maximum atomic E-state index is 13.4. The number of ether oxygens (including phenoxy) is 1. The summed E-state index contributed by atoms with van der Waals surface area (Å²) in [5.74, 6) is -0.927. The number of amides is 1. The van der Waals surface area contributed by atoms with Gasteiger partial charge in [-0.3, -0.25) is 4.79 Å². The van der Waals surface area contributed by atoms with Gasteiger partial charge in [0, 0.05) is 45.0 Å². The van der Waals surface area contributed by atoms with Crippen molar-refractivity contribution in [3.8, 4) is 0 Å². The Morgan fingerprint density at radius 1 is 0.974 bits per heavy atom. The molecule has 208 valence electrons.